The highest BCUT2D eigenvalue weighted by molar-refractivity contribution is 5.93. The third kappa shape index (κ3) is 4.71. The molecule has 1 N–H and O–H groups in total. The van der Waals surface area contributed by atoms with Crippen LogP contribution in [0, 0.1) is 11.8 Å². The fourth-order valence-corrected chi connectivity index (χ4v) is 5.49. The Morgan fingerprint density at radius 2 is 1.94 bits per heavy atom. The van der Waals surface area contributed by atoms with Gasteiger partial charge in [0.2, 0.25) is 11.8 Å². The second-order valence-electron chi connectivity index (χ2n) is 9.88. The fourth-order valence-electron chi connectivity index (χ4n) is 5.49. The van der Waals surface area contributed by atoms with Crippen molar-refractivity contribution in [2.45, 2.75) is 44.7 Å². The Balaban J connectivity index is 1.45. The van der Waals surface area contributed by atoms with Gasteiger partial charge in [0, 0.05) is 57.7 Å². The number of hydrogen-bond donors (Lipinski definition) is 1. The number of likely N-dealkylation sites (N-methyl/N-ethyl adjacent to an activating group) is 1. The molecular formula is C24H31N7O4. The van der Waals surface area contributed by atoms with E-state index in [2.05, 4.69) is 15.6 Å². The Bertz CT molecular complexity index is 1180. The number of carbonyl (C=O) groups excluding carboxylic acids is 3. The van der Waals surface area contributed by atoms with Crippen LogP contribution in [0.3, 0.4) is 0 Å². The predicted molar refractivity (Wildman–Crippen MR) is 125 cm³/mol. The van der Waals surface area contributed by atoms with E-state index in [-0.39, 0.29) is 61.3 Å². The van der Waals surface area contributed by atoms with Gasteiger partial charge >= 0.3 is 0 Å². The summed E-state index contributed by atoms with van der Waals surface area (Å²) < 4.78 is 3.18. The molecule has 1 saturated carbocycles. The number of rotatable bonds is 1. The molecule has 3 aliphatic rings. The second kappa shape index (κ2) is 9.63. The number of nitrogens with one attached hydrogen (secondary N) is 1. The molecule has 3 amide bonds. The number of aromatic nitrogens is 4. The van der Waals surface area contributed by atoms with E-state index in [9.17, 15) is 19.2 Å². The normalized spacial score (nSPS) is 23.9. The first-order chi connectivity index (χ1) is 16.9. The van der Waals surface area contributed by atoms with Crippen LogP contribution >= 0.6 is 0 Å². The van der Waals surface area contributed by atoms with E-state index in [1.165, 1.54) is 15.5 Å². The lowest BCUT2D eigenvalue weighted by Crippen LogP contribution is -2.39. The summed E-state index contributed by atoms with van der Waals surface area (Å²) in [5.41, 5.74) is 0.237. The molecule has 11 heteroatoms. The van der Waals surface area contributed by atoms with Crippen molar-refractivity contribution in [1.82, 2.24) is 34.7 Å². The van der Waals surface area contributed by atoms with E-state index in [0.29, 0.717) is 18.8 Å². The lowest BCUT2D eigenvalue weighted by molar-refractivity contribution is -0.134. The molecule has 0 unspecified atom stereocenters. The molecule has 35 heavy (non-hydrogen) atoms. The minimum Gasteiger partial charge on any atom is -0.354 e. The van der Waals surface area contributed by atoms with Crippen LogP contribution in [0.25, 0.3) is 0 Å². The third-order valence-corrected chi connectivity index (χ3v) is 7.47. The molecule has 0 spiro atoms. The van der Waals surface area contributed by atoms with Gasteiger partial charge in [-0.1, -0.05) is 18.1 Å². The number of pyridine rings is 1. The smallest absolute Gasteiger partial charge is 0.263 e. The van der Waals surface area contributed by atoms with Crippen molar-refractivity contribution < 1.29 is 14.4 Å². The van der Waals surface area contributed by atoms with E-state index < -0.39 is 11.5 Å². The highest BCUT2D eigenvalue weighted by atomic mass is 16.2. The second-order valence-corrected chi connectivity index (χ2v) is 9.88. The molecule has 186 valence electrons. The van der Waals surface area contributed by atoms with Gasteiger partial charge in [0.25, 0.3) is 11.5 Å². The maximum atomic E-state index is 13.1. The van der Waals surface area contributed by atoms with E-state index in [1.54, 1.807) is 30.2 Å². The SMILES string of the molecule is CN1CCNC(=O)C[C@H]2CN(C(=O)C3CCCC3)C[C@H]2n2cc(nn2)Cn2cccc(c2=O)C1=O. The Morgan fingerprint density at radius 1 is 1.14 bits per heavy atom. The van der Waals surface area contributed by atoms with Crippen molar-refractivity contribution in [2.24, 2.45) is 11.8 Å². The van der Waals surface area contributed by atoms with Crippen molar-refractivity contribution in [2.75, 3.05) is 33.2 Å². The largest absolute Gasteiger partial charge is 0.354 e. The van der Waals surface area contributed by atoms with Crippen molar-refractivity contribution in [3.05, 3.63) is 46.1 Å². The maximum Gasteiger partial charge on any atom is 0.263 e. The average Bonchev–Trinajstić information content (AvgIpc) is 3.60. The molecule has 1 aliphatic carbocycles. The topological polar surface area (TPSA) is 122 Å². The molecule has 2 atom stereocenters. The highest BCUT2D eigenvalue weighted by Gasteiger charge is 2.40. The van der Waals surface area contributed by atoms with Gasteiger partial charge in [0.05, 0.1) is 18.8 Å². The molecule has 2 fully saturated rings. The summed E-state index contributed by atoms with van der Waals surface area (Å²) in [6.07, 6.45) is 7.69. The van der Waals surface area contributed by atoms with Crippen LogP contribution in [-0.2, 0) is 16.1 Å². The van der Waals surface area contributed by atoms with Crippen molar-refractivity contribution >= 4 is 17.7 Å². The lowest BCUT2D eigenvalue weighted by Gasteiger charge is -2.20. The fraction of sp³-hybridized carbons (Fsp3) is 0.583. The standard InChI is InChI=1S/C24H31N7O4/c1-28-10-8-25-21(32)11-17-12-30(22(33)16-5-2-3-6-16)15-20(17)31-14-18(26-27-31)13-29-9-4-7-19(23(28)34)24(29)35/h4,7,9,14,16-17,20H,2-3,5-6,8,10-13,15H2,1H3,(H,25,32)/t17-,20+/m0/s1. The maximum absolute atomic E-state index is 13.1. The van der Waals surface area contributed by atoms with E-state index in [4.69, 9.17) is 0 Å². The average molecular weight is 482 g/mol. The third-order valence-electron chi connectivity index (χ3n) is 7.47. The summed E-state index contributed by atoms with van der Waals surface area (Å²) in [4.78, 5) is 55.0. The lowest BCUT2D eigenvalue weighted by atomic mass is 9.99. The number of nitrogens with zero attached hydrogens (tertiary/aromatic N) is 6. The van der Waals surface area contributed by atoms with Gasteiger partial charge in [-0.2, -0.15) is 0 Å². The first-order valence-corrected chi connectivity index (χ1v) is 12.3. The van der Waals surface area contributed by atoms with Crippen LogP contribution in [0.4, 0.5) is 0 Å². The number of amides is 3. The number of likely N-dealkylation sites (tertiary alicyclic amines) is 1. The molecule has 2 aliphatic heterocycles. The van der Waals surface area contributed by atoms with Crippen molar-refractivity contribution in [3.63, 3.8) is 0 Å². The molecule has 2 aromatic heterocycles. The highest BCUT2D eigenvalue weighted by Crippen LogP contribution is 2.34. The van der Waals surface area contributed by atoms with Gasteiger partial charge in [-0.15, -0.1) is 5.10 Å². The van der Waals surface area contributed by atoms with Gasteiger partial charge < -0.3 is 19.7 Å². The summed E-state index contributed by atoms with van der Waals surface area (Å²) in [7, 11) is 1.61. The molecule has 2 aromatic rings. The molecule has 11 nitrogen and oxygen atoms in total. The Morgan fingerprint density at radius 3 is 2.74 bits per heavy atom. The van der Waals surface area contributed by atoms with Gasteiger partial charge in [-0.25, -0.2) is 4.68 Å². The van der Waals surface area contributed by atoms with Gasteiger partial charge in [0.15, 0.2) is 0 Å². The minimum absolute atomic E-state index is 0.0673. The molecule has 1 saturated heterocycles. The zero-order chi connectivity index (χ0) is 24.5. The Hall–Kier alpha value is -3.50. The monoisotopic (exact) mass is 481 g/mol. The first kappa shape index (κ1) is 23.3. The summed E-state index contributed by atoms with van der Waals surface area (Å²) in [6.45, 7) is 1.72. The van der Waals surface area contributed by atoms with Gasteiger partial charge in [-0.3, -0.25) is 19.2 Å². The predicted octanol–water partition coefficient (Wildman–Crippen LogP) is 0.270. The number of fused-ring (bicyclic) bond motifs is 6. The molecular weight excluding hydrogens is 450 g/mol. The quantitative estimate of drug-likeness (QED) is 0.624. The van der Waals surface area contributed by atoms with Crippen LogP contribution in [-0.4, -0.2) is 80.3 Å². The summed E-state index contributed by atoms with van der Waals surface area (Å²) in [5, 5.41) is 11.4. The summed E-state index contributed by atoms with van der Waals surface area (Å²) >= 11 is 0. The summed E-state index contributed by atoms with van der Waals surface area (Å²) in [6, 6.07) is 3.00. The molecule has 0 radical (unpaired) electrons. The van der Waals surface area contributed by atoms with Crippen LogP contribution in [0.2, 0.25) is 0 Å². The van der Waals surface area contributed by atoms with Gasteiger partial charge in [-0.05, 0) is 25.0 Å². The number of carbonyl (C=O) groups is 3. The molecule has 5 rings (SSSR count). The molecule has 0 aromatic carbocycles. The van der Waals surface area contributed by atoms with Crippen molar-refractivity contribution in [1.29, 1.82) is 0 Å². The molecule has 4 heterocycles. The summed E-state index contributed by atoms with van der Waals surface area (Å²) in [5.74, 6) is -0.390. The Labute approximate surface area is 203 Å². The van der Waals surface area contributed by atoms with Gasteiger partial charge in [0.1, 0.15) is 11.3 Å². The first-order valence-electron chi connectivity index (χ1n) is 12.3. The van der Waals surface area contributed by atoms with Crippen LogP contribution in [0.15, 0.2) is 29.3 Å². The van der Waals surface area contributed by atoms with Crippen LogP contribution in [0.1, 0.15) is 54.2 Å². The Kier molecular flexibility index (Phi) is 6.40. The van der Waals surface area contributed by atoms with Crippen LogP contribution < -0.4 is 10.9 Å². The zero-order valence-electron chi connectivity index (χ0n) is 19.9. The minimum atomic E-state index is -0.401. The van der Waals surface area contributed by atoms with Crippen molar-refractivity contribution in [3.8, 4) is 0 Å². The molecule has 4 bridgehead atoms. The van der Waals surface area contributed by atoms with Crippen LogP contribution in [0.5, 0.6) is 0 Å². The van der Waals surface area contributed by atoms with E-state index in [0.717, 1.165) is 25.7 Å². The number of hydrogen-bond acceptors (Lipinski definition) is 6. The van der Waals surface area contributed by atoms with E-state index in [1.807, 2.05) is 4.90 Å². The van der Waals surface area contributed by atoms with E-state index >= 15 is 0 Å². The zero-order valence-corrected chi connectivity index (χ0v) is 19.9.